The molecule has 3 N–H and O–H groups in total. The molecule has 5 nitrogen and oxygen atoms in total. The maximum absolute atomic E-state index is 14.1. The largest absolute Gasteiger partial charge is 0.378 e. The highest BCUT2D eigenvalue weighted by Crippen LogP contribution is 2.22. The van der Waals surface area contributed by atoms with Crippen LogP contribution in [-0.2, 0) is 21.3 Å². The molecule has 1 aliphatic heterocycles. The van der Waals surface area contributed by atoms with Crippen molar-refractivity contribution in [3.63, 3.8) is 0 Å². The third-order valence-electron chi connectivity index (χ3n) is 3.45. The summed E-state index contributed by atoms with van der Waals surface area (Å²) in [6.45, 7) is 1.87. The predicted octanol–water partition coefficient (Wildman–Crippen LogP) is 1.27. The number of ether oxygens (including phenoxy) is 1. The number of benzene rings is 1. The molecule has 1 aromatic rings. The summed E-state index contributed by atoms with van der Waals surface area (Å²) in [7, 11) is -4.07. The van der Waals surface area contributed by atoms with Gasteiger partial charge in [0.2, 0.25) is 10.0 Å². The zero-order chi connectivity index (χ0) is 15.6. The summed E-state index contributed by atoms with van der Waals surface area (Å²) in [4.78, 5) is -0.580. The van der Waals surface area contributed by atoms with Crippen molar-refractivity contribution in [1.82, 2.24) is 4.72 Å². The van der Waals surface area contributed by atoms with Gasteiger partial charge >= 0.3 is 0 Å². The van der Waals surface area contributed by atoms with E-state index in [1.165, 1.54) is 0 Å². The Morgan fingerprint density at radius 2 is 2.14 bits per heavy atom. The van der Waals surface area contributed by atoms with Crippen molar-refractivity contribution in [2.75, 3.05) is 6.61 Å². The molecule has 2 rings (SSSR count). The van der Waals surface area contributed by atoms with E-state index in [-0.39, 0.29) is 12.1 Å². The van der Waals surface area contributed by atoms with Gasteiger partial charge in [-0.15, -0.1) is 0 Å². The molecule has 1 aromatic carbocycles. The highest BCUT2D eigenvalue weighted by atomic mass is 32.2. The predicted molar refractivity (Wildman–Crippen MR) is 73.0 cm³/mol. The normalized spacial score (nSPS) is 23.2. The van der Waals surface area contributed by atoms with E-state index in [0.29, 0.717) is 19.4 Å². The molecule has 0 bridgehead atoms. The molecule has 0 radical (unpaired) electrons. The molecule has 1 heterocycles. The van der Waals surface area contributed by atoms with Crippen molar-refractivity contribution < 1.29 is 21.9 Å². The molecule has 2 atom stereocenters. The topological polar surface area (TPSA) is 81.4 Å². The lowest BCUT2D eigenvalue weighted by molar-refractivity contribution is 0.0173. The third kappa shape index (κ3) is 3.57. The number of hydrogen-bond acceptors (Lipinski definition) is 4. The number of sulfonamides is 1. The molecule has 0 spiro atoms. The Morgan fingerprint density at radius 1 is 1.43 bits per heavy atom. The van der Waals surface area contributed by atoms with Gasteiger partial charge in [-0.25, -0.2) is 21.9 Å². The minimum absolute atomic E-state index is 0.0656. The lowest BCUT2D eigenvalue weighted by atomic mass is 10.1. The van der Waals surface area contributed by atoms with E-state index < -0.39 is 38.7 Å². The minimum atomic E-state index is -4.07. The summed E-state index contributed by atoms with van der Waals surface area (Å²) in [5, 5.41) is 0. The zero-order valence-electron chi connectivity index (χ0n) is 11.6. The Bertz CT molecular complexity index is 622. The van der Waals surface area contributed by atoms with Crippen molar-refractivity contribution in [1.29, 1.82) is 0 Å². The van der Waals surface area contributed by atoms with Gasteiger partial charge in [0, 0.05) is 24.8 Å². The summed E-state index contributed by atoms with van der Waals surface area (Å²) < 4.78 is 59.7. The van der Waals surface area contributed by atoms with Crippen LogP contribution in [0.3, 0.4) is 0 Å². The Hall–Kier alpha value is -1.09. The lowest BCUT2D eigenvalue weighted by Crippen LogP contribution is -2.41. The van der Waals surface area contributed by atoms with E-state index in [4.69, 9.17) is 10.5 Å². The van der Waals surface area contributed by atoms with Crippen molar-refractivity contribution in [3.8, 4) is 0 Å². The molecular weight excluding hydrogens is 302 g/mol. The maximum atomic E-state index is 14.1. The van der Waals surface area contributed by atoms with Crippen molar-refractivity contribution in [2.24, 2.45) is 5.73 Å². The fourth-order valence-corrected chi connectivity index (χ4v) is 3.75. The second kappa shape index (κ2) is 6.35. The van der Waals surface area contributed by atoms with E-state index in [1.807, 2.05) is 6.92 Å². The molecule has 0 amide bonds. The van der Waals surface area contributed by atoms with Gasteiger partial charge < -0.3 is 10.5 Å². The van der Waals surface area contributed by atoms with Crippen LogP contribution in [0, 0.1) is 11.6 Å². The number of hydrogen-bond donors (Lipinski definition) is 2. The Labute approximate surface area is 122 Å². The number of halogens is 2. The van der Waals surface area contributed by atoms with E-state index >= 15 is 0 Å². The van der Waals surface area contributed by atoms with Gasteiger partial charge in [0.15, 0.2) is 5.82 Å². The van der Waals surface area contributed by atoms with E-state index in [2.05, 4.69) is 4.72 Å². The van der Waals surface area contributed by atoms with Gasteiger partial charge in [0.05, 0.1) is 6.10 Å². The summed E-state index contributed by atoms with van der Waals surface area (Å²) in [6, 6.07) is 1.49. The number of nitrogens with two attached hydrogens (primary N) is 1. The summed E-state index contributed by atoms with van der Waals surface area (Å²) in [6.07, 6.45) is 0.950. The summed E-state index contributed by atoms with van der Waals surface area (Å²) in [5.74, 6) is -1.99. The van der Waals surface area contributed by atoms with Crippen LogP contribution in [0.2, 0.25) is 0 Å². The van der Waals surface area contributed by atoms with Crippen molar-refractivity contribution in [3.05, 3.63) is 29.3 Å². The van der Waals surface area contributed by atoms with Crippen LogP contribution in [0.1, 0.15) is 25.3 Å². The molecular formula is C13H18F2N2O3S. The van der Waals surface area contributed by atoms with Gasteiger partial charge in [-0.3, -0.25) is 0 Å². The fourth-order valence-electron chi connectivity index (χ4n) is 2.36. The van der Waals surface area contributed by atoms with Crippen LogP contribution in [-0.4, -0.2) is 27.2 Å². The molecule has 8 heteroatoms. The average Bonchev–Trinajstić information content (AvgIpc) is 2.38. The van der Waals surface area contributed by atoms with Crippen LogP contribution in [0.15, 0.2) is 17.0 Å². The molecule has 0 aromatic heterocycles. The summed E-state index contributed by atoms with van der Waals surface area (Å²) >= 11 is 0. The van der Waals surface area contributed by atoms with Crippen LogP contribution >= 0.6 is 0 Å². The number of nitrogens with one attached hydrogen (secondary N) is 1. The van der Waals surface area contributed by atoms with E-state index in [9.17, 15) is 17.2 Å². The SMILES string of the molecule is CC1CC(NS(=O)(=O)c2ccc(F)c(CN)c2F)CCO1. The first-order chi connectivity index (χ1) is 9.85. The van der Waals surface area contributed by atoms with Gasteiger partial charge in [0.1, 0.15) is 10.7 Å². The highest BCUT2D eigenvalue weighted by Gasteiger charge is 2.28. The second-order valence-electron chi connectivity index (χ2n) is 5.07. The third-order valence-corrected chi connectivity index (χ3v) is 4.99. The molecule has 0 aliphatic carbocycles. The Kier molecular flexibility index (Phi) is 4.92. The number of rotatable bonds is 4. The molecule has 118 valence electrons. The maximum Gasteiger partial charge on any atom is 0.243 e. The summed E-state index contributed by atoms with van der Waals surface area (Å²) in [5.41, 5.74) is 4.82. The first kappa shape index (κ1) is 16.3. The average molecular weight is 320 g/mol. The Morgan fingerprint density at radius 3 is 2.76 bits per heavy atom. The van der Waals surface area contributed by atoms with Crippen LogP contribution in [0.4, 0.5) is 8.78 Å². The molecule has 1 aliphatic rings. The van der Waals surface area contributed by atoms with Gasteiger partial charge in [-0.2, -0.15) is 0 Å². The van der Waals surface area contributed by atoms with Crippen LogP contribution < -0.4 is 10.5 Å². The fraction of sp³-hybridized carbons (Fsp3) is 0.538. The molecule has 1 saturated heterocycles. The molecule has 2 unspecified atom stereocenters. The van der Waals surface area contributed by atoms with Gasteiger partial charge in [-0.05, 0) is 31.9 Å². The molecule has 0 saturated carbocycles. The monoisotopic (exact) mass is 320 g/mol. The van der Waals surface area contributed by atoms with E-state index in [0.717, 1.165) is 12.1 Å². The lowest BCUT2D eigenvalue weighted by Gasteiger charge is -2.27. The van der Waals surface area contributed by atoms with Crippen molar-refractivity contribution in [2.45, 2.75) is 43.4 Å². The molecule has 21 heavy (non-hydrogen) atoms. The highest BCUT2D eigenvalue weighted by molar-refractivity contribution is 7.89. The first-order valence-electron chi connectivity index (χ1n) is 6.66. The Balaban J connectivity index is 2.27. The standard InChI is InChI=1S/C13H18F2N2O3S/c1-8-6-9(4-5-20-8)17-21(18,19)12-3-2-11(14)10(7-16)13(12)15/h2-3,8-9,17H,4-7,16H2,1H3. The van der Waals surface area contributed by atoms with E-state index in [1.54, 1.807) is 0 Å². The van der Waals surface area contributed by atoms with Gasteiger partial charge in [-0.1, -0.05) is 0 Å². The first-order valence-corrected chi connectivity index (χ1v) is 8.14. The zero-order valence-corrected chi connectivity index (χ0v) is 12.4. The smallest absolute Gasteiger partial charge is 0.243 e. The van der Waals surface area contributed by atoms with Crippen LogP contribution in [0.25, 0.3) is 0 Å². The van der Waals surface area contributed by atoms with Crippen molar-refractivity contribution >= 4 is 10.0 Å². The second-order valence-corrected chi connectivity index (χ2v) is 6.75. The van der Waals surface area contributed by atoms with Gasteiger partial charge in [0.25, 0.3) is 0 Å². The minimum Gasteiger partial charge on any atom is -0.378 e. The van der Waals surface area contributed by atoms with Crippen LogP contribution in [0.5, 0.6) is 0 Å². The molecule has 1 fully saturated rings. The quantitative estimate of drug-likeness (QED) is 0.875.